The van der Waals surface area contributed by atoms with Gasteiger partial charge in [-0.05, 0) is 47.7 Å². The van der Waals surface area contributed by atoms with Crippen LogP contribution in [0.1, 0.15) is 45.7 Å². The van der Waals surface area contributed by atoms with Crippen LogP contribution in [0.3, 0.4) is 0 Å². The molecule has 7 heteroatoms. The molecule has 150 valence electrons. The lowest BCUT2D eigenvalue weighted by Crippen LogP contribution is -2.27. The molecule has 0 unspecified atom stereocenters. The topological polar surface area (TPSA) is 99.5 Å². The third-order valence-electron chi connectivity index (χ3n) is 4.47. The fraction of sp³-hybridized carbons (Fsp3) is 0.227. The number of hydrogen-bond donors (Lipinski definition) is 3. The zero-order valence-corrected chi connectivity index (χ0v) is 16.1. The fourth-order valence-electron chi connectivity index (χ4n) is 3.00. The van der Waals surface area contributed by atoms with E-state index in [1.807, 2.05) is 13.8 Å². The van der Waals surface area contributed by atoms with E-state index in [1.54, 1.807) is 18.2 Å². The van der Waals surface area contributed by atoms with Crippen molar-refractivity contribution in [1.29, 1.82) is 0 Å². The van der Waals surface area contributed by atoms with Crippen molar-refractivity contribution in [3.63, 3.8) is 0 Å². The predicted octanol–water partition coefficient (Wildman–Crippen LogP) is 3.75. The Morgan fingerprint density at radius 3 is 2.41 bits per heavy atom. The second-order valence-electron chi connectivity index (χ2n) is 7.27. The minimum atomic E-state index is -1.35. The highest BCUT2D eigenvalue weighted by Crippen LogP contribution is 2.31. The first-order valence-electron chi connectivity index (χ1n) is 9.16. The standard InChI is InChI=1S/C22H21FN2O4/c1-12(2)10-25-21(27)17-9-18(22(28)29)20(26)19-16(17)8-14(11-24-19)7-13-3-5-15(23)6-4-13/h3-6,8-9,11-12,26H,7,10H2,1-2H3,(H,25,27)(H,28,29). The van der Waals surface area contributed by atoms with Crippen LogP contribution in [0.2, 0.25) is 0 Å². The zero-order chi connectivity index (χ0) is 21.1. The highest BCUT2D eigenvalue weighted by atomic mass is 19.1. The number of aromatic nitrogens is 1. The van der Waals surface area contributed by atoms with Gasteiger partial charge in [-0.25, -0.2) is 9.18 Å². The normalized spacial score (nSPS) is 11.0. The molecule has 0 atom stereocenters. The molecule has 6 nitrogen and oxygen atoms in total. The molecule has 0 aliphatic heterocycles. The molecule has 0 aliphatic rings. The van der Waals surface area contributed by atoms with Gasteiger partial charge in [-0.3, -0.25) is 9.78 Å². The number of nitrogens with one attached hydrogen (secondary N) is 1. The highest BCUT2D eigenvalue weighted by Gasteiger charge is 2.21. The van der Waals surface area contributed by atoms with E-state index in [-0.39, 0.29) is 28.4 Å². The Labute approximate surface area is 167 Å². The molecule has 2 aromatic carbocycles. The molecule has 3 rings (SSSR count). The largest absolute Gasteiger partial charge is 0.505 e. The number of carboxylic acids is 1. The van der Waals surface area contributed by atoms with Gasteiger partial charge in [0, 0.05) is 23.7 Å². The van der Waals surface area contributed by atoms with E-state index < -0.39 is 17.6 Å². The monoisotopic (exact) mass is 396 g/mol. The molecule has 0 fully saturated rings. The average Bonchev–Trinajstić information content (AvgIpc) is 2.68. The number of nitrogens with zero attached hydrogens (tertiary/aromatic N) is 1. The minimum absolute atomic E-state index is 0.0439. The maximum absolute atomic E-state index is 13.1. The summed E-state index contributed by atoms with van der Waals surface area (Å²) >= 11 is 0. The van der Waals surface area contributed by atoms with Gasteiger partial charge in [-0.15, -0.1) is 0 Å². The molecule has 3 N–H and O–H groups in total. The van der Waals surface area contributed by atoms with Gasteiger partial charge in [0.1, 0.15) is 16.9 Å². The van der Waals surface area contributed by atoms with Crippen LogP contribution in [0.25, 0.3) is 10.9 Å². The second kappa shape index (κ2) is 8.26. The van der Waals surface area contributed by atoms with Crippen molar-refractivity contribution in [2.45, 2.75) is 20.3 Å². The Morgan fingerprint density at radius 1 is 1.10 bits per heavy atom. The van der Waals surface area contributed by atoms with Crippen molar-refractivity contribution < 1.29 is 24.2 Å². The third kappa shape index (κ3) is 4.51. The second-order valence-corrected chi connectivity index (χ2v) is 7.27. The fourth-order valence-corrected chi connectivity index (χ4v) is 3.00. The summed E-state index contributed by atoms with van der Waals surface area (Å²) in [7, 11) is 0. The number of pyridine rings is 1. The van der Waals surface area contributed by atoms with Gasteiger partial charge in [0.25, 0.3) is 5.91 Å². The van der Waals surface area contributed by atoms with E-state index in [9.17, 15) is 24.2 Å². The number of rotatable bonds is 6. The number of amides is 1. The molecule has 1 amide bonds. The van der Waals surface area contributed by atoms with Crippen molar-refractivity contribution in [3.8, 4) is 5.75 Å². The summed E-state index contributed by atoms with van der Waals surface area (Å²) in [5.41, 5.74) is 1.38. The number of carbonyl (C=O) groups is 2. The van der Waals surface area contributed by atoms with Crippen LogP contribution in [-0.4, -0.2) is 33.6 Å². The molecule has 1 aromatic heterocycles. The predicted molar refractivity (Wildman–Crippen MR) is 107 cm³/mol. The number of benzene rings is 2. The molecule has 0 radical (unpaired) electrons. The summed E-state index contributed by atoms with van der Waals surface area (Å²) in [6.45, 7) is 4.31. The molecule has 29 heavy (non-hydrogen) atoms. The summed E-state index contributed by atoms with van der Waals surface area (Å²) in [5, 5.41) is 22.8. The maximum atomic E-state index is 13.1. The molecular formula is C22H21FN2O4. The van der Waals surface area contributed by atoms with Gasteiger partial charge in [0.05, 0.1) is 0 Å². The molecule has 0 spiro atoms. The van der Waals surface area contributed by atoms with Crippen LogP contribution >= 0.6 is 0 Å². The van der Waals surface area contributed by atoms with Gasteiger partial charge in [0.2, 0.25) is 0 Å². The first-order valence-corrected chi connectivity index (χ1v) is 9.16. The first-order chi connectivity index (χ1) is 13.8. The van der Waals surface area contributed by atoms with E-state index in [0.717, 1.165) is 11.1 Å². The highest BCUT2D eigenvalue weighted by molar-refractivity contribution is 6.11. The zero-order valence-electron chi connectivity index (χ0n) is 16.1. The molecule has 0 aliphatic carbocycles. The minimum Gasteiger partial charge on any atom is -0.505 e. The number of halogens is 1. The van der Waals surface area contributed by atoms with Crippen molar-refractivity contribution in [3.05, 3.63) is 70.7 Å². The lowest BCUT2D eigenvalue weighted by atomic mass is 9.98. The Bertz CT molecular complexity index is 1080. The van der Waals surface area contributed by atoms with Crippen molar-refractivity contribution in [1.82, 2.24) is 10.3 Å². The van der Waals surface area contributed by atoms with Crippen molar-refractivity contribution in [2.24, 2.45) is 5.92 Å². The number of carboxylic acid groups (broad SMARTS) is 1. The van der Waals surface area contributed by atoms with Gasteiger partial charge in [0.15, 0.2) is 5.75 Å². The van der Waals surface area contributed by atoms with E-state index in [4.69, 9.17) is 0 Å². The molecule has 3 aromatic rings. The van der Waals surface area contributed by atoms with Crippen molar-refractivity contribution in [2.75, 3.05) is 6.54 Å². The van der Waals surface area contributed by atoms with Crippen LogP contribution in [0.15, 0.2) is 42.6 Å². The van der Waals surface area contributed by atoms with Gasteiger partial charge in [-0.2, -0.15) is 0 Å². The number of carbonyl (C=O) groups excluding carboxylic acids is 1. The van der Waals surface area contributed by atoms with E-state index >= 15 is 0 Å². The van der Waals surface area contributed by atoms with Crippen molar-refractivity contribution >= 4 is 22.8 Å². The number of phenols is 1. The smallest absolute Gasteiger partial charge is 0.339 e. The summed E-state index contributed by atoms with van der Waals surface area (Å²) in [4.78, 5) is 28.4. The van der Waals surface area contributed by atoms with E-state index in [2.05, 4.69) is 10.3 Å². The summed E-state index contributed by atoms with van der Waals surface area (Å²) in [6.07, 6.45) is 1.95. The van der Waals surface area contributed by atoms with Crippen LogP contribution in [0.5, 0.6) is 5.75 Å². The van der Waals surface area contributed by atoms with Gasteiger partial charge in [-0.1, -0.05) is 26.0 Å². The van der Waals surface area contributed by atoms with Crippen LogP contribution < -0.4 is 5.32 Å². The summed E-state index contributed by atoms with van der Waals surface area (Å²) in [5.74, 6) is -2.39. The number of aromatic hydroxyl groups is 1. The van der Waals surface area contributed by atoms with E-state index in [0.29, 0.717) is 18.4 Å². The van der Waals surface area contributed by atoms with Crippen LogP contribution in [0.4, 0.5) is 4.39 Å². The molecule has 0 saturated heterocycles. The lowest BCUT2D eigenvalue weighted by molar-refractivity contribution is 0.0694. The molecule has 1 heterocycles. The summed E-state index contributed by atoms with van der Waals surface area (Å²) in [6, 6.07) is 8.89. The number of fused-ring (bicyclic) bond motifs is 1. The quantitative estimate of drug-likeness (QED) is 0.589. The Kier molecular flexibility index (Phi) is 5.77. The Morgan fingerprint density at radius 2 is 1.79 bits per heavy atom. The molecule has 0 saturated carbocycles. The number of hydrogen-bond acceptors (Lipinski definition) is 4. The Hall–Kier alpha value is -3.48. The molecule has 0 bridgehead atoms. The van der Waals surface area contributed by atoms with Gasteiger partial charge < -0.3 is 15.5 Å². The number of aromatic carboxylic acids is 1. The maximum Gasteiger partial charge on any atom is 0.339 e. The lowest BCUT2D eigenvalue weighted by Gasteiger charge is -2.13. The molecular weight excluding hydrogens is 375 g/mol. The SMILES string of the molecule is CC(C)CNC(=O)c1cc(C(=O)O)c(O)c2ncc(Cc3ccc(F)cc3)cc12. The summed E-state index contributed by atoms with van der Waals surface area (Å²) < 4.78 is 13.1. The first kappa shape index (κ1) is 20.3. The van der Waals surface area contributed by atoms with Crippen LogP contribution in [-0.2, 0) is 6.42 Å². The van der Waals surface area contributed by atoms with Gasteiger partial charge >= 0.3 is 5.97 Å². The third-order valence-corrected chi connectivity index (χ3v) is 4.47. The average molecular weight is 396 g/mol. The Balaban J connectivity index is 2.09. The van der Waals surface area contributed by atoms with Crippen LogP contribution in [0, 0.1) is 11.7 Å². The van der Waals surface area contributed by atoms with E-state index in [1.165, 1.54) is 24.4 Å².